The molecule has 0 aliphatic carbocycles. The molecule has 4 rings (SSSR count). The topological polar surface area (TPSA) is 90.4 Å². The normalized spacial score (nSPS) is 27.8. The number of para-hydroxylation sites is 1. The zero-order valence-corrected chi connectivity index (χ0v) is 22.2. The fourth-order valence-electron chi connectivity index (χ4n) is 6.69. The van der Waals surface area contributed by atoms with E-state index in [-0.39, 0.29) is 30.9 Å². The van der Waals surface area contributed by atoms with Crippen molar-refractivity contribution < 1.29 is 24.2 Å². The second kappa shape index (κ2) is 10.8. The van der Waals surface area contributed by atoms with Crippen LogP contribution in [0, 0.1) is 25.7 Å². The van der Waals surface area contributed by atoms with E-state index < -0.39 is 29.6 Å². The molecule has 2 unspecified atom stereocenters. The number of fused-ring (bicyclic) bond motifs is 1. The summed E-state index contributed by atoms with van der Waals surface area (Å²) in [6, 6.07) is 5.04. The number of aryl methyl sites for hydroxylation is 2. The van der Waals surface area contributed by atoms with Crippen molar-refractivity contribution in [1.29, 1.82) is 0 Å². The van der Waals surface area contributed by atoms with Crippen LogP contribution in [0.3, 0.4) is 0 Å². The number of carbonyl (C=O) groups is 3. The van der Waals surface area contributed by atoms with Crippen molar-refractivity contribution in [3.63, 3.8) is 0 Å². The molecule has 0 saturated carbocycles. The maximum atomic E-state index is 14.5. The molecule has 1 aromatic carbocycles. The Bertz CT molecular complexity index is 1070. The number of nitrogens with zero attached hydrogens (tertiary/aromatic N) is 3. The summed E-state index contributed by atoms with van der Waals surface area (Å²) in [7, 11) is 1.70. The van der Waals surface area contributed by atoms with Crippen LogP contribution in [0.1, 0.15) is 36.8 Å². The lowest BCUT2D eigenvalue weighted by molar-refractivity contribution is -0.144. The Hall–Kier alpha value is -2.97. The van der Waals surface area contributed by atoms with Gasteiger partial charge in [-0.2, -0.15) is 0 Å². The minimum absolute atomic E-state index is 0.00619. The Morgan fingerprint density at radius 1 is 1.16 bits per heavy atom. The first-order valence-corrected chi connectivity index (χ1v) is 13.2. The van der Waals surface area contributed by atoms with Crippen molar-refractivity contribution in [2.24, 2.45) is 11.8 Å². The predicted molar refractivity (Wildman–Crippen MR) is 142 cm³/mol. The maximum absolute atomic E-state index is 14.5. The molecule has 0 aromatic heterocycles. The van der Waals surface area contributed by atoms with E-state index in [0.717, 1.165) is 16.8 Å². The Kier molecular flexibility index (Phi) is 7.90. The van der Waals surface area contributed by atoms with Crippen molar-refractivity contribution in [1.82, 2.24) is 9.80 Å². The molecule has 3 saturated heterocycles. The van der Waals surface area contributed by atoms with Crippen LogP contribution < -0.4 is 4.90 Å². The fraction of sp³-hybridized carbons (Fsp3) is 0.552. The summed E-state index contributed by atoms with van der Waals surface area (Å²) < 4.78 is 6.55. The lowest BCUT2D eigenvalue weighted by Crippen LogP contribution is -2.57. The molecule has 1 spiro atoms. The highest BCUT2D eigenvalue weighted by atomic mass is 16.5. The average molecular weight is 510 g/mol. The molecule has 2 bridgehead atoms. The number of carbonyl (C=O) groups excluding carboxylic acids is 3. The van der Waals surface area contributed by atoms with Crippen LogP contribution >= 0.6 is 0 Å². The van der Waals surface area contributed by atoms with Crippen molar-refractivity contribution in [2.45, 2.75) is 57.3 Å². The zero-order chi connectivity index (χ0) is 26.9. The second-order valence-corrected chi connectivity index (χ2v) is 10.5. The Labute approximate surface area is 219 Å². The first kappa shape index (κ1) is 27.1. The van der Waals surface area contributed by atoms with Crippen molar-refractivity contribution >= 4 is 23.4 Å². The summed E-state index contributed by atoms with van der Waals surface area (Å²) in [5.74, 6) is -1.91. The molecule has 3 amide bonds. The van der Waals surface area contributed by atoms with Gasteiger partial charge in [-0.3, -0.25) is 14.4 Å². The van der Waals surface area contributed by atoms with E-state index in [2.05, 4.69) is 13.2 Å². The van der Waals surface area contributed by atoms with Gasteiger partial charge in [0.15, 0.2) is 0 Å². The van der Waals surface area contributed by atoms with Crippen LogP contribution in [0.2, 0.25) is 0 Å². The molecular formula is C29H39N3O5. The smallest absolute Gasteiger partial charge is 0.253 e. The van der Waals surface area contributed by atoms with Gasteiger partial charge >= 0.3 is 0 Å². The molecule has 3 aliphatic heterocycles. The molecule has 0 radical (unpaired) electrons. The minimum Gasteiger partial charge on any atom is -0.396 e. The number of benzene rings is 1. The van der Waals surface area contributed by atoms with E-state index in [9.17, 15) is 19.5 Å². The van der Waals surface area contributed by atoms with Crippen LogP contribution in [0.4, 0.5) is 5.69 Å². The predicted octanol–water partition coefficient (Wildman–Crippen LogP) is 2.61. The van der Waals surface area contributed by atoms with Crippen LogP contribution in [0.25, 0.3) is 0 Å². The highest BCUT2D eigenvalue weighted by molar-refractivity contribution is 6.05. The molecule has 200 valence electrons. The first-order valence-electron chi connectivity index (χ1n) is 13.2. The molecule has 3 aliphatic rings. The zero-order valence-electron chi connectivity index (χ0n) is 22.2. The number of aliphatic hydroxyl groups excluding tert-OH is 1. The molecule has 1 N–H and O–H groups in total. The molecule has 5 atom stereocenters. The van der Waals surface area contributed by atoms with E-state index >= 15 is 0 Å². The SMILES string of the molecule is C=CCN(C)C(=O)[C@@H]1[C@@H]2CCC3(O2)C(C(=O)N(CC=C)c2c(C)cccc2C)N(CCCCO)C(=O)[C@H]13. The maximum Gasteiger partial charge on any atom is 0.253 e. The lowest BCUT2D eigenvalue weighted by atomic mass is 9.70. The van der Waals surface area contributed by atoms with E-state index in [1.807, 2.05) is 32.0 Å². The minimum atomic E-state index is -1.05. The highest BCUT2D eigenvalue weighted by Gasteiger charge is 2.74. The van der Waals surface area contributed by atoms with Gasteiger partial charge in [0, 0.05) is 39.0 Å². The van der Waals surface area contributed by atoms with Gasteiger partial charge < -0.3 is 24.5 Å². The van der Waals surface area contributed by atoms with Gasteiger partial charge in [0.2, 0.25) is 11.8 Å². The fourth-order valence-corrected chi connectivity index (χ4v) is 6.69. The Morgan fingerprint density at radius 2 is 1.84 bits per heavy atom. The third-order valence-corrected chi connectivity index (χ3v) is 8.19. The Morgan fingerprint density at radius 3 is 2.46 bits per heavy atom. The van der Waals surface area contributed by atoms with E-state index in [0.29, 0.717) is 38.8 Å². The number of anilines is 1. The van der Waals surface area contributed by atoms with Crippen LogP contribution in [0.5, 0.6) is 0 Å². The Balaban J connectivity index is 1.78. The average Bonchev–Trinajstić information content (AvgIpc) is 3.50. The summed E-state index contributed by atoms with van der Waals surface area (Å²) in [6.07, 6.45) is 5.20. The number of amides is 3. The van der Waals surface area contributed by atoms with Gasteiger partial charge in [-0.1, -0.05) is 30.4 Å². The summed E-state index contributed by atoms with van der Waals surface area (Å²) in [5.41, 5.74) is 1.66. The van der Waals surface area contributed by atoms with Crippen molar-refractivity contribution in [3.8, 4) is 0 Å². The molecule has 37 heavy (non-hydrogen) atoms. The number of hydrogen-bond donors (Lipinski definition) is 1. The van der Waals surface area contributed by atoms with E-state index in [1.165, 1.54) is 0 Å². The van der Waals surface area contributed by atoms with Gasteiger partial charge in [0.25, 0.3) is 5.91 Å². The molecule has 3 heterocycles. The number of rotatable bonds is 11. The standard InChI is InChI=1S/C29H39N3O5/c1-6-15-30(5)26(34)22-21-13-14-29(37-21)23(22)27(35)32(17-8-9-18-33)25(29)28(36)31(16-7-2)24-19(3)11-10-12-20(24)4/h6-7,10-12,21-23,25,33H,1-2,8-9,13-18H2,3-5H3/t21-,22+,23-,25?,29?/m0/s1. The van der Waals surface area contributed by atoms with Crippen molar-refractivity contribution in [3.05, 3.63) is 54.6 Å². The summed E-state index contributed by atoms with van der Waals surface area (Å²) >= 11 is 0. The summed E-state index contributed by atoms with van der Waals surface area (Å²) in [4.78, 5) is 46.9. The van der Waals surface area contributed by atoms with E-state index in [4.69, 9.17) is 4.74 Å². The molecule has 1 aromatic rings. The van der Waals surface area contributed by atoms with Crippen LogP contribution in [-0.4, -0.2) is 83.7 Å². The molecule has 8 nitrogen and oxygen atoms in total. The quantitative estimate of drug-likeness (QED) is 0.366. The van der Waals surface area contributed by atoms with Gasteiger partial charge in [0.05, 0.1) is 17.9 Å². The largest absolute Gasteiger partial charge is 0.396 e. The number of hydrogen-bond acceptors (Lipinski definition) is 5. The number of aliphatic hydroxyl groups is 1. The van der Waals surface area contributed by atoms with Gasteiger partial charge in [-0.25, -0.2) is 0 Å². The number of likely N-dealkylation sites (tertiary alicyclic amines) is 1. The van der Waals surface area contributed by atoms with Crippen molar-refractivity contribution in [2.75, 3.05) is 38.2 Å². The lowest BCUT2D eigenvalue weighted by Gasteiger charge is -2.37. The van der Waals surface area contributed by atoms with Gasteiger partial charge in [-0.05, 0) is 50.7 Å². The molecular weight excluding hydrogens is 470 g/mol. The molecule has 3 fully saturated rings. The number of unbranched alkanes of at least 4 members (excludes halogenated alkanes) is 1. The number of ether oxygens (including phenoxy) is 1. The second-order valence-electron chi connectivity index (χ2n) is 10.5. The summed E-state index contributed by atoms with van der Waals surface area (Å²) in [6.45, 7) is 12.5. The summed E-state index contributed by atoms with van der Waals surface area (Å²) in [5, 5.41) is 9.37. The third-order valence-electron chi connectivity index (χ3n) is 8.19. The van der Waals surface area contributed by atoms with Crippen LogP contribution in [0.15, 0.2) is 43.5 Å². The highest BCUT2D eigenvalue weighted by Crippen LogP contribution is 2.59. The molecule has 8 heteroatoms. The van der Waals surface area contributed by atoms with E-state index in [1.54, 1.807) is 33.9 Å². The third kappa shape index (κ3) is 4.40. The monoisotopic (exact) mass is 509 g/mol. The number of likely N-dealkylation sites (N-methyl/N-ethyl adjacent to an activating group) is 1. The van der Waals surface area contributed by atoms with Crippen LogP contribution in [-0.2, 0) is 19.1 Å². The van der Waals surface area contributed by atoms with Gasteiger partial charge in [-0.15, -0.1) is 13.2 Å². The van der Waals surface area contributed by atoms with Gasteiger partial charge in [0.1, 0.15) is 11.6 Å². The first-order chi connectivity index (χ1) is 17.7.